The van der Waals surface area contributed by atoms with Crippen molar-refractivity contribution in [2.24, 2.45) is 11.7 Å². The summed E-state index contributed by atoms with van der Waals surface area (Å²) in [5.74, 6) is 0.709. The largest absolute Gasteiger partial charge is 0.330 e. The van der Waals surface area contributed by atoms with E-state index in [0.717, 1.165) is 24.4 Å². The monoisotopic (exact) mass is 239 g/mol. The summed E-state index contributed by atoms with van der Waals surface area (Å²) in [7, 11) is 0. The third-order valence-corrected chi connectivity index (χ3v) is 3.59. The number of hydrogen-bond acceptors (Lipinski definition) is 1. The molecule has 2 heteroatoms. The molecular formula is C14H22ClN. The predicted octanol–water partition coefficient (Wildman–Crippen LogP) is 3.87. The lowest BCUT2D eigenvalue weighted by Crippen LogP contribution is -2.07. The highest BCUT2D eigenvalue weighted by Crippen LogP contribution is 2.22. The van der Waals surface area contributed by atoms with Gasteiger partial charge in [0, 0.05) is 5.02 Å². The first-order valence-electron chi connectivity index (χ1n) is 6.00. The Bertz CT molecular complexity index is 347. The molecule has 1 aromatic carbocycles. The van der Waals surface area contributed by atoms with Crippen LogP contribution in [-0.4, -0.2) is 6.54 Å². The second-order valence-corrected chi connectivity index (χ2v) is 5.16. The Labute approximate surface area is 104 Å². The fourth-order valence-electron chi connectivity index (χ4n) is 1.94. The van der Waals surface area contributed by atoms with Crippen LogP contribution in [0.1, 0.15) is 36.5 Å². The van der Waals surface area contributed by atoms with Gasteiger partial charge in [-0.05, 0) is 68.3 Å². The van der Waals surface area contributed by atoms with E-state index in [1.165, 1.54) is 23.1 Å². The van der Waals surface area contributed by atoms with Crippen LogP contribution in [0, 0.1) is 19.8 Å². The van der Waals surface area contributed by atoms with Gasteiger partial charge in [0.05, 0.1) is 0 Å². The van der Waals surface area contributed by atoms with Crippen molar-refractivity contribution in [1.82, 2.24) is 0 Å². The molecule has 1 nitrogen and oxygen atoms in total. The molecule has 0 saturated heterocycles. The third kappa shape index (κ3) is 3.80. The second-order valence-electron chi connectivity index (χ2n) is 4.75. The predicted molar refractivity (Wildman–Crippen MR) is 72.1 cm³/mol. The molecule has 2 N–H and O–H groups in total. The Balaban J connectivity index is 2.63. The van der Waals surface area contributed by atoms with Crippen LogP contribution in [0.3, 0.4) is 0 Å². The van der Waals surface area contributed by atoms with Crippen molar-refractivity contribution in [3.05, 3.63) is 33.8 Å². The first-order valence-corrected chi connectivity index (χ1v) is 6.38. The molecule has 0 spiro atoms. The van der Waals surface area contributed by atoms with Crippen LogP contribution in [0.2, 0.25) is 5.02 Å². The number of halogens is 1. The lowest BCUT2D eigenvalue weighted by Gasteiger charge is -2.12. The van der Waals surface area contributed by atoms with Gasteiger partial charge in [-0.1, -0.05) is 24.6 Å². The molecule has 1 rings (SSSR count). The Morgan fingerprint density at radius 3 is 2.50 bits per heavy atom. The van der Waals surface area contributed by atoms with Crippen molar-refractivity contribution in [2.45, 2.75) is 40.0 Å². The molecule has 1 aromatic rings. The molecule has 0 aliphatic carbocycles. The van der Waals surface area contributed by atoms with Crippen LogP contribution in [0.25, 0.3) is 0 Å². The Kier molecular flexibility index (Phi) is 5.30. The topological polar surface area (TPSA) is 26.0 Å². The molecule has 0 heterocycles. The average Bonchev–Trinajstić information content (AvgIpc) is 2.22. The quantitative estimate of drug-likeness (QED) is 0.829. The summed E-state index contributed by atoms with van der Waals surface area (Å²) >= 11 is 6.08. The number of rotatable bonds is 5. The molecule has 0 aromatic heterocycles. The van der Waals surface area contributed by atoms with Crippen molar-refractivity contribution in [3.8, 4) is 0 Å². The molecule has 16 heavy (non-hydrogen) atoms. The van der Waals surface area contributed by atoms with Gasteiger partial charge in [0.1, 0.15) is 0 Å². The Morgan fingerprint density at radius 1 is 1.19 bits per heavy atom. The molecule has 0 fully saturated rings. The van der Waals surface area contributed by atoms with Gasteiger partial charge in [0.2, 0.25) is 0 Å². The van der Waals surface area contributed by atoms with Crippen molar-refractivity contribution < 1.29 is 0 Å². The molecule has 0 amide bonds. The summed E-state index contributed by atoms with van der Waals surface area (Å²) in [6.45, 7) is 7.26. The van der Waals surface area contributed by atoms with Gasteiger partial charge in [0.15, 0.2) is 0 Å². The van der Waals surface area contributed by atoms with Gasteiger partial charge in [-0.2, -0.15) is 0 Å². The van der Waals surface area contributed by atoms with Crippen LogP contribution in [0.5, 0.6) is 0 Å². The van der Waals surface area contributed by atoms with E-state index in [1.54, 1.807) is 0 Å². The molecule has 0 bridgehead atoms. The average molecular weight is 240 g/mol. The lowest BCUT2D eigenvalue weighted by molar-refractivity contribution is 0.499. The Hall–Kier alpha value is -0.530. The van der Waals surface area contributed by atoms with E-state index in [-0.39, 0.29) is 0 Å². The summed E-state index contributed by atoms with van der Waals surface area (Å²) in [4.78, 5) is 0. The van der Waals surface area contributed by atoms with E-state index in [2.05, 4.69) is 32.9 Å². The van der Waals surface area contributed by atoms with Gasteiger partial charge in [-0.15, -0.1) is 0 Å². The van der Waals surface area contributed by atoms with Crippen LogP contribution >= 0.6 is 11.6 Å². The molecule has 0 radical (unpaired) electrons. The van der Waals surface area contributed by atoms with Crippen LogP contribution in [-0.2, 0) is 6.42 Å². The zero-order valence-corrected chi connectivity index (χ0v) is 11.3. The van der Waals surface area contributed by atoms with Crippen LogP contribution in [0.15, 0.2) is 12.1 Å². The smallest absolute Gasteiger partial charge is 0.0438 e. The molecular weight excluding hydrogens is 218 g/mol. The summed E-state index contributed by atoms with van der Waals surface area (Å²) < 4.78 is 0. The van der Waals surface area contributed by atoms with Gasteiger partial charge < -0.3 is 5.73 Å². The zero-order valence-electron chi connectivity index (χ0n) is 10.5. The SMILES string of the molecule is Cc1cc(CCC(C)CCN)c(C)cc1Cl. The molecule has 0 saturated carbocycles. The summed E-state index contributed by atoms with van der Waals surface area (Å²) in [5, 5.41) is 0.872. The fourth-order valence-corrected chi connectivity index (χ4v) is 2.16. The molecule has 1 atom stereocenters. The molecule has 0 aliphatic heterocycles. The minimum Gasteiger partial charge on any atom is -0.330 e. The van der Waals surface area contributed by atoms with E-state index in [0.29, 0.717) is 5.92 Å². The maximum absolute atomic E-state index is 6.08. The van der Waals surface area contributed by atoms with Crippen LogP contribution < -0.4 is 5.73 Å². The van der Waals surface area contributed by atoms with Gasteiger partial charge in [-0.3, -0.25) is 0 Å². The number of hydrogen-bond donors (Lipinski definition) is 1. The van der Waals surface area contributed by atoms with Gasteiger partial charge >= 0.3 is 0 Å². The van der Waals surface area contributed by atoms with Crippen molar-refractivity contribution >= 4 is 11.6 Å². The highest BCUT2D eigenvalue weighted by Gasteiger charge is 2.06. The highest BCUT2D eigenvalue weighted by molar-refractivity contribution is 6.31. The Morgan fingerprint density at radius 2 is 1.88 bits per heavy atom. The normalized spacial score (nSPS) is 12.8. The van der Waals surface area contributed by atoms with E-state index >= 15 is 0 Å². The number of nitrogens with two attached hydrogens (primary N) is 1. The van der Waals surface area contributed by atoms with Crippen molar-refractivity contribution in [3.63, 3.8) is 0 Å². The minimum absolute atomic E-state index is 0.709. The lowest BCUT2D eigenvalue weighted by atomic mass is 9.95. The standard InChI is InChI=1S/C14H22ClN/c1-10(6-7-16)4-5-13-8-12(3)14(15)9-11(13)2/h8-10H,4-7,16H2,1-3H3. The molecule has 1 unspecified atom stereocenters. The minimum atomic E-state index is 0.709. The zero-order chi connectivity index (χ0) is 12.1. The van der Waals surface area contributed by atoms with Crippen molar-refractivity contribution in [1.29, 1.82) is 0 Å². The van der Waals surface area contributed by atoms with Gasteiger partial charge in [-0.25, -0.2) is 0 Å². The molecule has 0 aliphatic rings. The highest BCUT2D eigenvalue weighted by atomic mass is 35.5. The third-order valence-electron chi connectivity index (χ3n) is 3.18. The summed E-state index contributed by atoms with van der Waals surface area (Å²) in [5.41, 5.74) is 9.45. The maximum Gasteiger partial charge on any atom is 0.0438 e. The fraction of sp³-hybridized carbons (Fsp3) is 0.571. The van der Waals surface area contributed by atoms with Crippen molar-refractivity contribution in [2.75, 3.05) is 6.54 Å². The van der Waals surface area contributed by atoms with E-state index in [4.69, 9.17) is 17.3 Å². The first-order chi connectivity index (χ1) is 7.54. The second kappa shape index (κ2) is 6.27. The van der Waals surface area contributed by atoms with E-state index in [9.17, 15) is 0 Å². The molecule has 90 valence electrons. The van der Waals surface area contributed by atoms with Crippen LogP contribution in [0.4, 0.5) is 0 Å². The summed E-state index contributed by atoms with van der Waals surface area (Å²) in [6, 6.07) is 4.28. The number of aryl methyl sites for hydroxylation is 3. The van der Waals surface area contributed by atoms with E-state index in [1.807, 2.05) is 0 Å². The van der Waals surface area contributed by atoms with Gasteiger partial charge in [0.25, 0.3) is 0 Å². The first kappa shape index (κ1) is 13.5. The number of benzene rings is 1. The van der Waals surface area contributed by atoms with E-state index < -0.39 is 0 Å². The maximum atomic E-state index is 6.08. The summed E-state index contributed by atoms with van der Waals surface area (Å²) in [6.07, 6.45) is 3.45.